The molecule has 0 aromatic carbocycles. The van der Waals surface area contributed by atoms with Crippen molar-refractivity contribution in [1.29, 1.82) is 5.41 Å². The van der Waals surface area contributed by atoms with Crippen LogP contribution in [0.25, 0.3) is 0 Å². The molecule has 0 saturated carbocycles. The average Bonchev–Trinajstić information content (AvgIpc) is 1.79. The first kappa shape index (κ1) is 13.5. The Labute approximate surface area is 88.8 Å². The molecule has 0 aliphatic rings. The first-order valence-electron chi connectivity index (χ1n) is 5.40. The zero-order chi connectivity index (χ0) is 11.6. The van der Waals surface area contributed by atoms with Crippen LogP contribution < -0.4 is 5.73 Å². The first-order chi connectivity index (χ1) is 6.07. The van der Waals surface area contributed by atoms with E-state index in [1.54, 1.807) is 0 Å². The Bertz CT molecular complexity index is 202. The van der Waals surface area contributed by atoms with Gasteiger partial charge in [0.05, 0.1) is 5.84 Å². The molecule has 2 heteroatoms. The van der Waals surface area contributed by atoms with Gasteiger partial charge < -0.3 is 5.73 Å². The van der Waals surface area contributed by atoms with E-state index in [1.807, 2.05) is 0 Å². The van der Waals surface area contributed by atoms with Gasteiger partial charge in [0.15, 0.2) is 0 Å². The van der Waals surface area contributed by atoms with Crippen molar-refractivity contribution in [3.8, 4) is 0 Å². The van der Waals surface area contributed by atoms with Crippen molar-refractivity contribution in [2.24, 2.45) is 22.5 Å². The van der Waals surface area contributed by atoms with Gasteiger partial charge in [-0.3, -0.25) is 5.41 Å². The first-order valence-corrected chi connectivity index (χ1v) is 5.40. The van der Waals surface area contributed by atoms with Crippen LogP contribution in [0.3, 0.4) is 0 Å². The summed E-state index contributed by atoms with van der Waals surface area (Å²) in [6, 6.07) is 0. The van der Waals surface area contributed by atoms with Crippen LogP contribution in [0.1, 0.15) is 54.4 Å². The normalized spacial score (nSPS) is 13.4. The number of amidine groups is 1. The summed E-state index contributed by atoms with van der Waals surface area (Å²) in [5.74, 6) is 0.961. The maximum atomic E-state index is 7.34. The average molecular weight is 198 g/mol. The third-order valence-electron chi connectivity index (χ3n) is 3.17. The van der Waals surface area contributed by atoms with Gasteiger partial charge in [-0.1, -0.05) is 41.5 Å². The van der Waals surface area contributed by atoms with Gasteiger partial charge in [0.1, 0.15) is 0 Å². The maximum Gasteiger partial charge on any atom is 0.0910 e. The maximum absolute atomic E-state index is 7.34. The third-order valence-corrected chi connectivity index (χ3v) is 3.17. The predicted octanol–water partition coefficient (Wildman–Crippen LogP) is 3.41. The molecule has 0 bridgehead atoms. The van der Waals surface area contributed by atoms with E-state index in [9.17, 15) is 0 Å². The van der Waals surface area contributed by atoms with E-state index in [0.29, 0.717) is 23.6 Å². The molecule has 0 radical (unpaired) electrons. The molecule has 0 heterocycles. The lowest BCUT2D eigenvalue weighted by Crippen LogP contribution is -2.30. The number of nitrogens with one attached hydrogen (secondary N) is 1. The number of hydrogen-bond acceptors (Lipinski definition) is 1. The van der Waals surface area contributed by atoms with Crippen LogP contribution in [0.2, 0.25) is 0 Å². The van der Waals surface area contributed by atoms with Crippen LogP contribution in [0, 0.1) is 22.2 Å². The van der Waals surface area contributed by atoms with Crippen molar-refractivity contribution in [1.82, 2.24) is 0 Å². The van der Waals surface area contributed by atoms with Gasteiger partial charge in [0.2, 0.25) is 0 Å². The molecule has 14 heavy (non-hydrogen) atoms. The van der Waals surface area contributed by atoms with Crippen LogP contribution in [-0.2, 0) is 0 Å². The molecule has 3 N–H and O–H groups in total. The number of rotatable bonds is 5. The lowest BCUT2D eigenvalue weighted by molar-refractivity contribution is 0.144. The lowest BCUT2D eigenvalue weighted by atomic mass is 9.68. The summed E-state index contributed by atoms with van der Waals surface area (Å²) in [5, 5.41) is 7.34. The molecule has 0 amide bonds. The van der Waals surface area contributed by atoms with Crippen LogP contribution >= 0.6 is 0 Å². The molecule has 0 aromatic heterocycles. The Balaban J connectivity index is 4.41. The van der Waals surface area contributed by atoms with Gasteiger partial charge >= 0.3 is 0 Å². The lowest BCUT2D eigenvalue weighted by Gasteiger charge is -2.37. The molecule has 84 valence electrons. The summed E-state index contributed by atoms with van der Waals surface area (Å²) in [4.78, 5) is 0. The van der Waals surface area contributed by atoms with Crippen molar-refractivity contribution in [3.63, 3.8) is 0 Å². The fourth-order valence-corrected chi connectivity index (χ4v) is 2.02. The monoisotopic (exact) mass is 198 g/mol. The smallest absolute Gasteiger partial charge is 0.0910 e. The van der Waals surface area contributed by atoms with Crippen LogP contribution in [0.5, 0.6) is 0 Å². The molecular weight excluding hydrogens is 172 g/mol. The zero-order valence-corrected chi connectivity index (χ0v) is 10.6. The van der Waals surface area contributed by atoms with E-state index in [1.165, 1.54) is 0 Å². The third kappa shape index (κ3) is 4.64. The molecule has 2 nitrogen and oxygen atoms in total. The second-order valence-corrected chi connectivity index (χ2v) is 6.19. The van der Waals surface area contributed by atoms with Gasteiger partial charge in [-0.25, -0.2) is 0 Å². The van der Waals surface area contributed by atoms with E-state index < -0.39 is 0 Å². The summed E-state index contributed by atoms with van der Waals surface area (Å²) in [6.07, 6.45) is 1.81. The van der Waals surface area contributed by atoms with Gasteiger partial charge in [0, 0.05) is 6.42 Å². The summed E-state index contributed by atoms with van der Waals surface area (Å²) >= 11 is 0. The molecular formula is C12H26N2. The Morgan fingerprint density at radius 3 is 1.93 bits per heavy atom. The van der Waals surface area contributed by atoms with Gasteiger partial charge in [-0.15, -0.1) is 0 Å². The minimum atomic E-state index is 0.138. The Hall–Kier alpha value is -0.530. The van der Waals surface area contributed by atoms with Crippen molar-refractivity contribution >= 4 is 5.84 Å². The summed E-state index contributed by atoms with van der Waals surface area (Å²) < 4.78 is 0. The Kier molecular flexibility index (Phi) is 4.16. The highest BCUT2D eigenvalue weighted by atomic mass is 14.7. The summed E-state index contributed by atoms with van der Waals surface area (Å²) in [6.45, 7) is 13.5. The van der Waals surface area contributed by atoms with Gasteiger partial charge in [-0.2, -0.15) is 0 Å². The van der Waals surface area contributed by atoms with E-state index >= 15 is 0 Å². The predicted molar refractivity (Wildman–Crippen MR) is 63.5 cm³/mol. The van der Waals surface area contributed by atoms with Crippen molar-refractivity contribution < 1.29 is 0 Å². The van der Waals surface area contributed by atoms with Crippen molar-refractivity contribution in [2.45, 2.75) is 54.4 Å². The standard InChI is InChI=1S/C12H26N2/c1-9(2)12(5,6)8-11(3,4)7-10(13)14/h9H,7-8H2,1-6H3,(H3,13,14). The van der Waals surface area contributed by atoms with Crippen LogP contribution in [0.15, 0.2) is 0 Å². The molecule has 0 spiro atoms. The fourth-order valence-electron chi connectivity index (χ4n) is 2.02. The highest BCUT2D eigenvalue weighted by Crippen LogP contribution is 2.40. The number of nitrogens with two attached hydrogens (primary N) is 1. The largest absolute Gasteiger partial charge is 0.388 e. The molecule has 0 fully saturated rings. The minimum absolute atomic E-state index is 0.138. The van der Waals surface area contributed by atoms with Crippen molar-refractivity contribution in [3.05, 3.63) is 0 Å². The Morgan fingerprint density at radius 1 is 1.21 bits per heavy atom. The molecule has 0 rings (SSSR count). The summed E-state index contributed by atoms with van der Waals surface area (Å²) in [7, 11) is 0. The van der Waals surface area contributed by atoms with E-state index in [-0.39, 0.29) is 5.41 Å². The van der Waals surface area contributed by atoms with Gasteiger partial charge in [0.25, 0.3) is 0 Å². The Morgan fingerprint density at radius 2 is 1.64 bits per heavy atom. The molecule has 0 aromatic rings. The molecule has 0 unspecified atom stereocenters. The van der Waals surface area contributed by atoms with Crippen LogP contribution in [0.4, 0.5) is 0 Å². The van der Waals surface area contributed by atoms with Gasteiger partial charge in [-0.05, 0) is 23.2 Å². The van der Waals surface area contributed by atoms with E-state index in [4.69, 9.17) is 11.1 Å². The summed E-state index contributed by atoms with van der Waals surface area (Å²) in [5.41, 5.74) is 5.91. The molecule has 0 atom stereocenters. The minimum Gasteiger partial charge on any atom is -0.388 e. The number of hydrogen-bond donors (Lipinski definition) is 2. The molecule has 0 aliphatic carbocycles. The highest BCUT2D eigenvalue weighted by molar-refractivity contribution is 5.77. The van der Waals surface area contributed by atoms with Crippen molar-refractivity contribution in [2.75, 3.05) is 0 Å². The second-order valence-electron chi connectivity index (χ2n) is 6.19. The van der Waals surface area contributed by atoms with E-state index in [0.717, 1.165) is 6.42 Å². The second kappa shape index (κ2) is 4.33. The zero-order valence-electron chi connectivity index (χ0n) is 10.6. The topological polar surface area (TPSA) is 49.9 Å². The molecule has 0 saturated heterocycles. The van der Waals surface area contributed by atoms with Crippen LogP contribution in [-0.4, -0.2) is 5.84 Å². The fraction of sp³-hybridized carbons (Fsp3) is 0.917. The molecule has 0 aliphatic heterocycles. The SMILES string of the molecule is CC(C)C(C)(C)CC(C)(C)CC(=N)N. The highest BCUT2D eigenvalue weighted by Gasteiger charge is 2.31. The van der Waals surface area contributed by atoms with E-state index in [2.05, 4.69) is 41.5 Å². The quantitative estimate of drug-likeness (QED) is 0.516.